The zero-order valence-corrected chi connectivity index (χ0v) is 30.2. The number of benzene rings is 1. The molecule has 272 valence electrons. The summed E-state index contributed by atoms with van der Waals surface area (Å²) in [7, 11) is 0. The van der Waals surface area contributed by atoms with Gasteiger partial charge in [-0.05, 0) is 88.5 Å². The summed E-state index contributed by atoms with van der Waals surface area (Å²) in [5, 5.41) is 9.18. The van der Waals surface area contributed by atoms with Crippen molar-refractivity contribution in [2.45, 2.75) is 104 Å². The van der Waals surface area contributed by atoms with Crippen LogP contribution in [0.25, 0.3) is 16.8 Å². The average Bonchev–Trinajstić information content (AvgIpc) is 3.55. The number of nitrogens with zero attached hydrogens (tertiary/aromatic N) is 2. The van der Waals surface area contributed by atoms with Gasteiger partial charge in [0.05, 0.1) is 30.9 Å². The quantitative estimate of drug-likeness (QED) is 0.178. The van der Waals surface area contributed by atoms with E-state index in [0.717, 1.165) is 22.0 Å². The number of hydrogen-bond acceptors (Lipinski definition) is 9. The van der Waals surface area contributed by atoms with E-state index in [1.165, 1.54) is 5.01 Å². The van der Waals surface area contributed by atoms with Gasteiger partial charge < -0.3 is 24.8 Å². The number of fused-ring (bicyclic) bond motifs is 1. The predicted molar refractivity (Wildman–Crippen MR) is 191 cm³/mol. The molecule has 50 heavy (non-hydrogen) atoms. The van der Waals surface area contributed by atoms with Crippen LogP contribution >= 0.6 is 0 Å². The van der Waals surface area contributed by atoms with E-state index < -0.39 is 47.7 Å². The minimum atomic E-state index is -1.09. The molecule has 2 aromatic rings. The Labute approximate surface area is 295 Å². The van der Waals surface area contributed by atoms with Crippen LogP contribution in [-0.2, 0) is 33.4 Å². The van der Waals surface area contributed by atoms with E-state index in [9.17, 15) is 19.2 Å². The molecule has 0 bridgehead atoms. The fraction of sp³-hybridized carbons (Fsp3) is 0.553. The Kier molecular flexibility index (Phi) is 13.7. The van der Waals surface area contributed by atoms with Crippen molar-refractivity contribution in [3.63, 3.8) is 0 Å². The zero-order valence-electron chi connectivity index (χ0n) is 30.2. The molecule has 1 aromatic carbocycles. The SMILES string of the molecule is C=Cc1cc2cc([C@@H](C)NC(=O)[C@@H]3CCCN(C(=O)[C@H](C)NC(=O)[C@@H](OC(=O)[C@@H](CC=CC)CCC4(C)OCCO4)C(C)C)N3)ccc2cn1. The van der Waals surface area contributed by atoms with Crippen molar-refractivity contribution < 1.29 is 33.4 Å². The summed E-state index contributed by atoms with van der Waals surface area (Å²) >= 11 is 0. The molecule has 12 nitrogen and oxygen atoms in total. The van der Waals surface area contributed by atoms with Crippen LogP contribution in [0, 0.1) is 11.8 Å². The molecule has 3 N–H and O–H groups in total. The molecule has 2 saturated heterocycles. The van der Waals surface area contributed by atoms with Crippen molar-refractivity contribution in [3.8, 4) is 0 Å². The molecule has 3 heterocycles. The van der Waals surface area contributed by atoms with Gasteiger partial charge in [0.25, 0.3) is 11.8 Å². The fourth-order valence-electron chi connectivity index (χ4n) is 6.16. The largest absolute Gasteiger partial charge is 0.452 e. The van der Waals surface area contributed by atoms with Gasteiger partial charge >= 0.3 is 5.97 Å². The standard InChI is InChI=1S/C38H53N5O7/c1-8-10-12-27(16-17-38(7)48-19-20-49-38)37(47)50-33(24(3)4)35(45)41-26(6)36(46)43-18-11-13-32(42-43)34(44)40-25(5)28-14-15-29-23-39-31(9-2)22-30(29)21-28/h8-10,14-15,21-27,32-33,42H,2,11-13,16-20H2,1,3-7H3,(H,40,44)(H,41,45)/t25-,26+,27+,32+,33+/m1/s1. The van der Waals surface area contributed by atoms with E-state index in [1.807, 2.05) is 57.2 Å². The van der Waals surface area contributed by atoms with Gasteiger partial charge in [-0.3, -0.25) is 29.2 Å². The number of hydrazine groups is 1. The van der Waals surface area contributed by atoms with Crippen molar-refractivity contribution in [1.29, 1.82) is 0 Å². The molecule has 2 fully saturated rings. The number of esters is 1. The summed E-state index contributed by atoms with van der Waals surface area (Å²) in [5.41, 5.74) is 4.76. The van der Waals surface area contributed by atoms with Gasteiger partial charge in [-0.1, -0.05) is 44.7 Å². The van der Waals surface area contributed by atoms with Crippen LogP contribution in [0.5, 0.6) is 0 Å². The first kappa shape index (κ1) is 38.7. The van der Waals surface area contributed by atoms with E-state index in [2.05, 4.69) is 27.6 Å². The molecular formula is C38H53N5O7. The molecule has 1 aromatic heterocycles. The van der Waals surface area contributed by atoms with Crippen LogP contribution in [0.4, 0.5) is 0 Å². The lowest BCUT2D eigenvalue weighted by molar-refractivity contribution is -0.167. The van der Waals surface area contributed by atoms with Crippen LogP contribution in [0.15, 0.2) is 49.2 Å². The van der Waals surface area contributed by atoms with Crippen molar-refractivity contribution >= 4 is 40.5 Å². The van der Waals surface area contributed by atoms with Gasteiger partial charge in [0.15, 0.2) is 11.9 Å². The molecule has 2 aliphatic rings. The lowest BCUT2D eigenvalue weighted by atomic mass is 9.96. The van der Waals surface area contributed by atoms with Crippen molar-refractivity contribution in [2.75, 3.05) is 19.8 Å². The third-order valence-electron chi connectivity index (χ3n) is 9.27. The van der Waals surface area contributed by atoms with E-state index in [0.29, 0.717) is 51.9 Å². The Bertz CT molecular complexity index is 1550. The molecule has 2 aliphatic heterocycles. The highest BCUT2D eigenvalue weighted by Gasteiger charge is 2.36. The molecular weight excluding hydrogens is 638 g/mol. The Hall–Kier alpha value is -4.13. The van der Waals surface area contributed by atoms with Gasteiger partial charge in [0.1, 0.15) is 12.1 Å². The predicted octanol–water partition coefficient (Wildman–Crippen LogP) is 4.75. The minimum absolute atomic E-state index is 0.229. The van der Waals surface area contributed by atoms with Crippen molar-refractivity contribution in [2.24, 2.45) is 11.8 Å². The maximum absolute atomic E-state index is 13.5. The summed E-state index contributed by atoms with van der Waals surface area (Å²) in [6, 6.07) is 6.06. The summed E-state index contributed by atoms with van der Waals surface area (Å²) in [6.07, 6.45) is 8.74. The Morgan fingerprint density at radius 2 is 1.86 bits per heavy atom. The van der Waals surface area contributed by atoms with Gasteiger partial charge in [-0.2, -0.15) is 0 Å². The normalized spacial score (nSPS) is 19.9. The van der Waals surface area contributed by atoms with Gasteiger partial charge in [0.2, 0.25) is 5.91 Å². The van der Waals surface area contributed by atoms with E-state index >= 15 is 0 Å². The number of carbonyl (C=O) groups is 4. The topological polar surface area (TPSA) is 148 Å². The van der Waals surface area contributed by atoms with E-state index in [-0.39, 0.29) is 17.9 Å². The van der Waals surface area contributed by atoms with Crippen LogP contribution in [0.3, 0.4) is 0 Å². The number of nitrogens with one attached hydrogen (secondary N) is 3. The molecule has 0 saturated carbocycles. The fourth-order valence-corrected chi connectivity index (χ4v) is 6.16. The third-order valence-corrected chi connectivity index (χ3v) is 9.27. The maximum Gasteiger partial charge on any atom is 0.310 e. The summed E-state index contributed by atoms with van der Waals surface area (Å²) < 4.78 is 17.2. The van der Waals surface area contributed by atoms with Gasteiger partial charge in [0, 0.05) is 24.5 Å². The number of pyridine rings is 1. The Balaban J connectivity index is 1.32. The van der Waals surface area contributed by atoms with Crippen molar-refractivity contribution in [3.05, 3.63) is 60.5 Å². The lowest BCUT2D eigenvalue weighted by Crippen LogP contribution is -2.61. The highest BCUT2D eigenvalue weighted by Crippen LogP contribution is 2.28. The first-order chi connectivity index (χ1) is 23.8. The van der Waals surface area contributed by atoms with E-state index in [4.69, 9.17) is 14.2 Å². The molecule has 0 unspecified atom stereocenters. The second-order valence-corrected chi connectivity index (χ2v) is 13.7. The smallest absolute Gasteiger partial charge is 0.310 e. The van der Waals surface area contributed by atoms with Crippen LogP contribution in [0.1, 0.15) is 90.9 Å². The molecule has 12 heteroatoms. The molecule has 0 aliphatic carbocycles. The molecule has 4 rings (SSSR count). The molecule has 0 radical (unpaired) electrons. The summed E-state index contributed by atoms with van der Waals surface area (Å²) in [5.74, 6) is -3.24. The van der Waals surface area contributed by atoms with Crippen LogP contribution in [-0.4, -0.2) is 77.4 Å². The second kappa shape index (κ2) is 17.7. The van der Waals surface area contributed by atoms with E-state index in [1.54, 1.807) is 33.0 Å². The monoisotopic (exact) mass is 691 g/mol. The number of aromatic nitrogens is 1. The average molecular weight is 692 g/mol. The van der Waals surface area contributed by atoms with Gasteiger partial charge in [-0.25, -0.2) is 5.43 Å². The Morgan fingerprint density at radius 1 is 1.12 bits per heavy atom. The highest BCUT2D eigenvalue weighted by atomic mass is 16.7. The zero-order chi connectivity index (χ0) is 36.4. The first-order valence-electron chi connectivity index (χ1n) is 17.6. The number of carbonyl (C=O) groups excluding carboxylic acids is 4. The Morgan fingerprint density at radius 3 is 2.54 bits per heavy atom. The number of amides is 3. The second-order valence-electron chi connectivity index (χ2n) is 13.7. The third kappa shape index (κ3) is 10.2. The van der Waals surface area contributed by atoms with Crippen LogP contribution < -0.4 is 16.1 Å². The number of hydrogen-bond donors (Lipinski definition) is 3. The minimum Gasteiger partial charge on any atom is -0.452 e. The van der Waals surface area contributed by atoms with Gasteiger partial charge in [-0.15, -0.1) is 0 Å². The number of ether oxygens (including phenoxy) is 3. The first-order valence-corrected chi connectivity index (χ1v) is 17.6. The molecule has 0 spiro atoms. The highest BCUT2D eigenvalue weighted by molar-refractivity contribution is 5.91. The maximum atomic E-state index is 13.5. The molecule has 5 atom stereocenters. The summed E-state index contributed by atoms with van der Waals surface area (Å²) in [4.78, 5) is 57.9. The van der Waals surface area contributed by atoms with Crippen LogP contribution in [0.2, 0.25) is 0 Å². The molecule has 3 amide bonds. The summed E-state index contributed by atoms with van der Waals surface area (Å²) in [6.45, 7) is 16.0. The van der Waals surface area contributed by atoms with Crippen molar-refractivity contribution in [1.82, 2.24) is 26.1 Å². The number of rotatable bonds is 15. The number of allylic oxidation sites excluding steroid dienone is 2. The lowest BCUT2D eigenvalue weighted by Gasteiger charge is -2.35.